The van der Waals surface area contributed by atoms with E-state index in [1.54, 1.807) is 0 Å². The Morgan fingerprint density at radius 3 is 2.57 bits per heavy atom. The average molecular weight is 267 g/mol. The maximum Gasteiger partial charge on any atom is 0.0363 e. The van der Waals surface area contributed by atoms with E-state index in [1.807, 2.05) is 11.3 Å². The minimum absolute atomic E-state index is 1.10. The molecule has 14 heavy (non-hydrogen) atoms. The van der Waals surface area contributed by atoms with Crippen molar-refractivity contribution in [3.63, 3.8) is 0 Å². The summed E-state index contributed by atoms with van der Waals surface area (Å²) in [5.74, 6) is 0. The standard InChI is InChI=1S/C12H11BrS/c1-2-11-12(10(13)8-14-11)9-6-4-3-5-7-9/h3-8H,2H2,1H3. The highest BCUT2D eigenvalue weighted by atomic mass is 79.9. The van der Waals surface area contributed by atoms with E-state index in [1.165, 1.54) is 20.5 Å². The van der Waals surface area contributed by atoms with Crippen LogP contribution in [0.1, 0.15) is 11.8 Å². The van der Waals surface area contributed by atoms with Crippen molar-refractivity contribution in [1.29, 1.82) is 0 Å². The summed E-state index contributed by atoms with van der Waals surface area (Å²) in [4.78, 5) is 1.45. The Morgan fingerprint density at radius 1 is 1.21 bits per heavy atom. The maximum atomic E-state index is 3.61. The van der Waals surface area contributed by atoms with Gasteiger partial charge in [0.2, 0.25) is 0 Å². The quantitative estimate of drug-likeness (QED) is 0.737. The van der Waals surface area contributed by atoms with Gasteiger partial charge in [0.05, 0.1) is 0 Å². The van der Waals surface area contributed by atoms with Gasteiger partial charge < -0.3 is 0 Å². The van der Waals surface area contributed by atoms with E-state index in [0.29, 0.717) is 0 Å². The van der Waals surface area contributed by atoms with Crippen LogP contribution in [0.5, 0.6) is 0 Å². The fourth-order valence-electron chi connectivity index (χ4n) is 1.54. The molecule has 1 heterocycles. The molecule has 1 aromatic heterocycles. The Bertz CT molecular complexity index is 417. The molecule has 2 heteroatoms. The number of aryl methyl sites for hydroxylation is 1. The van der Waals surface area contributed by atoms with Crippen LogP contribution in [0.25, 0.3) is 11.1 Å². The highest BCUT2D eigenvalue weighted by molar-refractivity contribution is 9.10. The van der Waals surface area contributed by atoms with Gasteiger partial charge in [0.25, 0.3) is 0 Å². The summed E-state index contributed by atoms with van der Waals surface area (Å²) in [5, 5.41) is 2.17. The number of halogens is 1. The van der Waals surface area contributed by atoms with E-state index in [2.05, 4.69) is 58.6 Å². The van der Waals surface area contributed by atoms with Crippen molar-refractivity contribution >= 4 is 27.3 Å². The molecule has 0 aliphatic rings. The van der Waals surface area contributed by atoms with Gasteiger partial charge in [-0.25, -0.2) is 0 Å². The monoisotopic (exact) mass is 266 g/mol. The minimum atomic E-state index is 1.10. The van der Waals surface area contributed by atoms with Crippen molar-refractivity contribution < 1.29 is 0 Å². The van der Waals surface area contributed by atoms with Crippen LogP contribution in [0.3, 0.4) is 0 Å². The zero-order chi connectivity index (χ0) is 9.97. The van der Waals surface area contributed by atoms with Gasteiger partial charge in [0.1, 0.15) is 0 Å². The lowest BCUT2D eigenvalue weighted by molar-refractivity contribution is 1.19. The molecule has 0 nitrogen and oxygen atoms in total. The normalized spacial score (nSPS) is 10.4. The second kappa shape index (κ2) is 4.28. The predicted octanol–water partition coefficient (Wildman–Crippen LogP) is 4.74. The van der Waals surface area contributed by atoms with Crippen LogP contribution in [0, 0.1) is 0 Å². The molecule has 0 saturated carbocycles. The number of hydrogen-bond donors (Lipinski definition) is 0. The summed E-state index contributed by atoms with van der Waals surface area (Å²) in [6.45, 7) is 2.20. The molecule has 0 bridgehead atoms. The van der Waals surface area contributed by atoms with Crippen LogP contribution in [-0.4, -0.2) is 0 Å². The number of hydrogen-bond acceptors (Lipinski definition) is 1. The van der Waals surface area contributed by atoms with E-state index in [0.717, 1.165) is 6.42 Å². The molecule has 0 amide bonds. The van der Waals surface area contributed by atoms with Gasteiger partial charge in [-0.05, 0) is 27.9 Å². The van der Waals surface area contributed by atoms with E-state index in [9.17, 15) is 0 Å². The molecule has 2 rings (SSSR count). The van der Waals surface area contributed by atoms with Gasteiger partial charge in [-0.3, -0.25) is 0 Å². The molecule has 2 aromatic rings. The van der Waals surface area contributed by atoms with Crippen molar-refractivity contribution in [2.45, 2.75) is 13.3 Å². The highest BCUT2D eigenvalue weighted by Gasteiger charge is 2.09. The SMILES string of the molecule is CCc1scc(Br)c1-c1ccccc1. The van der Waals surface area contributed by atoms with Gasteiger partial charge in [-0.1, -0.05) is 37.3 Å². The number of benzene rings is 1. The first-order chi connectivity index (χ1) is 6.83. The minimum Gasteiger partial charge on any atom is -0.147 e. The fourth-order valence-corrected chi connectivity index (χ4v) is 3.29. The van der Waals surface area contributed by atoms with E-state index in [-0.39, 0.29) is 0 Å². The summed E-state index contributed by atoms with van der Waals surface area (Å²) >= 11 is 5.43. The van der Waals surface area contributed by atoms with Gasteiger partial charge in [-0.2, -0.15) is 0 Å². The fraction of sp³-hybridized carbons (Fsp3) is 0.167. The highest BCUT2D eigenvalue weighted by Crippen LogP contribution is 2.36. The summed E-state index contributed by atoms with van der Waals surface area (Å²) in [7, 11) is 0. The lowest BCUT2D eigenvalue weighted by Crippen LogP contribution is -1.80. The lowest BCUT2D eigenvalue weighted by Gasteiger charge is -2.02. The Labute approximate surface area is 96.7 Å². The van der Waals surface area contributed by atoms with Gasteiger partial charge in [0.15, 0.2) is 0 Å². The first-order valence-corrected chi connectivity index (χ1v) is 6.31. The van der Waals surface area contributed by atoms with Crippen molar-refractivity contribution in [2.75, 3.05) is 0 Å². The molecule has 0 aliphatic carbocycles. The third kappa shape index (κ3) is 1.77. The van der Waals surface area contributed by atoms with E-state index < -0.39 is 0 Å². The molecule has 0 aliphatic heterocycles. The van der Waals surface area contributed by atoms with E-state index >= 15 is 0 Å². The molecule has 1 aromatic carbocycles. The molecule has 0 atom stereocenters. The smallest absolute Gasteiger partial charge is 0.0363 e. The van der Waals surface area contributed by atoms with Gasteiger partial charge >= 0.3 is 0 Å². The topological polar surface area (TPSA) is 0 Å². The Kier molecular flexibility index (Phi) is 3.04. The molecule has 0 N–H and O–H groups in total. The van der Waals surface area contributed by atoms with E-state index in [4.69, 9.17) is 0 Å². The summed E-state index contributed by atoms with van der Waals surface area (Å²) < 4.78 is 1.21. The molecule has 0 spiro atoms. The second-order valence-corrected chi connectivity index (χ2v) is 4.92. The van der Waals surface area contributed by atoms with Crippen LogP contribution in [0.15, 0.2) is 40.2 Å². The average Bonchev–Trinajstić information content (AvgIpc) is 2.61. The van der Waals surface area contributed by atoms with Crippen LogP contribution >= 0.6 is 27.3 Å². The van der Waals surface area contributed by atoms with Crippen molar-refractivity contribution in [3.8, 4) is 11.1 Å². The van der Waals surface area contributed by atoms with Crippen molar-refractivity contribution in [2.24, 2.45) is 0 Å². The maximum absolute atomic E-state index is 3.61. The number of thiophene rings is 1. The molecule has 0 saturated heterocycles. The van der Waals surface area contributed by atoms with Crippen LogP contribution in [0.4, 0.5) is 0 Å². The molecule has 72 valence electrons. The van der Waals surface area contributed by atoms with Crippen LogP contribution in [-0.2, 0) is 6.42 Å². The van der Waals surface area contributed by atoms with Crippen molar-refractivity contribution in [1.82, 2.24) is 0 Å². The number of rotatable bonds is 2. The molecular weight excluding hydrogens is 256 g/mol. The van der Waals surface area contributed by atoms with Gasteiger partial charge in [0, 0.05) is 20.3 Å². The third-order valence-electron chi connectivity index (χ3n) is 2.21. The second-order valence-electron chi connectivity index (χ2n) is 3.10. The molecule has 0 fully saturated rings. The van der Waals surface area contributed by atoms with Gasteiger partial charge in [-0.15, -0.1) is 11.3 Å². The first kappa shape index (κ1) is 9.94. The van der Waals surface area contributed by atoms with Crippen molar-refractivity contribution in [3.05, 3.63) is 45.1 Å². The van der Waals surface area contributed by atoms with Crippen LogP contribution in [0.2, 0.25) is 0 Å². The predicted molar refractivity (Wildman–Crippen MR) is 66.8 cm³/mol. The van der Waals surface area contributed by atoms with Crippen LogP contribution < -0.4 is 0 Å². The summed E-state index contributed by atoms with van der Waals surface area (Å²) in [6.07, 6.45) is 1.10. The Morgan fingerprint density at radius 2 is 1.93 bits per heavy atom. The Balaban J connectivity index is 2.55. The zero-order valence-electron chi connectivity index (χ0n) is 7.96. The lowest BCUT2D eigenvalue weighted by atomic mass is 10.1. The largest absolute Gasteiger partial charge is 0.147 e. The Hall–Kier alpha value is -0.600. The molecule has 0 unspecified atom stereocenters. The summed E-state index contributed by atoms with van der Waals surface area (Å²) in [5.41, 5.74) is 2.66. The third-order valence-corrected chi connectivity index (χ3v) is 4.27. The molecule has 0 radical (unpaired) electrons. The summed E-state index contributed by atoms with van der Waals surface area (Å²) in [6, 6.07) is 10.5. The first-order valence-electron chi connectivity index (χ1n) is 4.64. The molecular formula is C12H11BrS. The zero-order valence-corrected chi connectivity index (χ0v) is 10.4.